The summed E-state index contributed by atoms with van der Waals surface area (Å²) in [5.41, 5.74) is 0.530. The average molecular weight is 251 g/mol. The first-order valence-corrected chi connectivity index (χ1v) is 7.74. The van der Waals surface area contributed by atoms with Gasteiger partial charge in [0.15, 0.2) is 0 Å². The molecule has 2 saturated carbocycles. The Labute approximate surface area is 108 Å². The molecule has 0 aromatic heterocycles. The summed E-state index contributed by atoms with van der Waals surface area (Å²) >= 11 is 1.75. The number of rotatable bonds is 3. The molecule has 0 radical (unpaired) electrons. The van der Waals surface area contributed by atoms with Crippen molar-refractivity contribution < 1.29 is 4.79 Å². The van der Waals surface area contributed by atoms with Crippen LogP contribution < -0.4 is 0 Å². The van der Waals surface area contributed by atoms with Gasteiger partial charge in [0.25, 0.3) is 5.91 Å². The van der Waals surface area contributed by atoms with E-state index in [1.807, 2.05) is 0 Å². The zero-order valence-electron chi connectivity index (χ0n) is 10.7. The van der Waals surface area contributed by atoms with Gasteiger partial charge in [-0.05, 0) is 49.4 Å². The summed E-state index contributed by atoms with van der Waals surface area (Å²) in [4.78, 5) is 16.1. The number of nitrogens with zero attached hydrogens (tertiary/aromatic N) is 1. The Kier molecular flexibility index (Phi) is 2.85. The van der Waals surface area contributed by atoms with Crippen LogP contribution in [0.3, 0.4) is 0 Å². The maximum atomic E-state index is 11.8. The van der Waals surface area contributed by atoms with E-state index in [4.69, 9.17) is 0 Å². The molecule has 0 saturated heterocycles. The third kappa shape index (κ3) is 2.07. The van der Waals surface area contributed by atoms with E-state index in [9.17, 15) is 4.79 Å². The van der Waals surface area contributed by atoms with E-state index in [-0.39, 0.29) is 11.2 Å². The summed E-state index contributed by atoms with van der Waals surface area (Å²) in [5, 5.41) is 1.23. The standard InChI is InChI=1S/C14H21NOS/c1-9(2)12-13(16)15-11(17-12)8-14-5-3-10(7-14)4-6-14/h9-10,12H,3-8H2,1-2H3. The second-order valence-corrected chi connectivity index (χ2v) is 7.67. The summed E-state index contributed by atoms with van der Waals surface area (Å²) in [6, 6.07) is 0. The number of carbonyl (C=O) groups excluding carboxylic acids is 1. The van der Waals surface area contributed by atoms with Gasteiger partial charge in [0.2, 0.25) is 0 Å². The summed E-state index contributed by atoms with van der Waals surface area (Å²) in [6.45, 7) is 4.24. The first-order chi connectivity index (χ1) is 8.08. The normalized spacial score (nSPS) is 40.4. The van der Waals surface area contributed by atoms with Gasteiger partial charge in [-0.25, -0.2) is 4.99 Å². The zero-order chi connectivity index (χ0) is 12.0. The quantitative estimate of drug-likeness (QED) is 0.766. The van der Waals surface area contributed by atoms with Crippen molar-refractivity contribution in [3.8, 4) is 0 Å². The molecule has 3 rings (SSSR count). The van der Waals surface area contributed by atoms with Crippen molar-refractivity contribution in [3.05, 3.63) is 0 Å². The summed E-state index contributed by atoms with van der Waals surface area (Å²) in [7, 11) is 0. The van der Waals surface area contributed by atoms with E-state index in [0.29, 0.717) is 11.3 Å². The van der Waals surface area contributed by atoms with Crippen LogP contribution in [0, 0.1) is 17.3 Å². The highest BCUT2D eigenvalue weighted by molar-refractivity contribution is 8.15. The van der Waals surface area contributed by atoms with Crippen molar-refractivity contribution in [3.63, 3.8) is 0 Å². The molecule has 0 aromatic rings. The van der Waals surface area contributed by atoms with Gasteiger partial charge in [-0.1, -0.05) is 25.6 Å². The molecule has 3 heteroatoms. The number of thioether (sulfide) groups is 1. The molecule has 94 valence electrons. The second kappa shape index (κ2) is 4.11. The summed E-state index contributed by atoms with van der Waals surface area (Å²) in [5.74, 6) is 1.51. The lowest BCUT2D eigenvalue weighted by Gasteiger charge is -2.26. The lowest BCUT2D eigenvalue weighted by Crippen LogP contribution is -2.19. The molecule has 2 fully saturated rings. The van der Waals surface area contributed by atoms with Crippen LogP contribution in [0.15, 0.2) is 4.99 Å². The fourth-order valence-electron chi connectivity index (χ4n) is 3.79. The van der Waals surface area contributed by atoms with Crippen molar-refractivity contribution in [1.29, 1.82) is 0 Å². The van der Waals surface area contributed by atoms with Crippen LogP contribution in [0.2, 0.25) is 0 Å². The van der Waals surface area contributed by atoms with Crippen LogP contribution in [0.4, 0.5) is 0 Å². The lowest BCUT2D eigenvalue weighted by molar-refractivity contribution is -0.117. The summed E-state index contributed by atoms with van der Waals surface area (Å²) in [6.07, 6.45) is 8.06. The molecule has 0 N–H and O–H groups in total. The molecule has 2 bridgehead atoms. The van der Waals surface area contributed by atoms with Crippen molar-refractivity contribution in [2.45, 2.75) is 57.6 Å². The van der Waals surface area contributed by atoms with Crippen LogP contribution in [0.25, 0.3) is 0 Å². The third-order valence-electron chi connectivity index (χ3n) is 4.76. The number of aliphatic imine (C=N–C) groups is 1. The second-order valence-electron chi connectivity index (χ2n) is 6.45. The van der Waals surface area contributed by atoms with Crippen molar-refractivity contribution in [1.82, 2.24) is 0 Å². The van der Waals surface area contributed by atoms with E-state index in [2.05, 4.69) is 18.8 Å². The van der Waals surface area contributed by atoms with Crippen molar-refractivity contribution in [2.24, 2.45) is 22.2 Å². The fraction of sp³-hybridized carbons (Fsp3) is 0.857. The Hall–Kier alpha value is -0.310. The van der Waals surface area contributed by atoms with Crippen LogP contribution in [0.5, 0.6) is 0 Å². The van der Waals surface area contributed by atoms with Gasteiger partial charge in [-0.15, -0.1) is 0 Å². The number of hydrogen-bond acceptors (Lipinski definition) is 2. The highest BCUT2D eigenvalue weighted by Crippen LogP contribution is 2.57. The molecule has 0 spiro atoms. The van der Waals surface area contributed by atoms with E-state index < -0.39 is 0 Å². The average Bonchev–Trinajstić information content (AvgIpc) is 2.92. The SMILES string of the molecule is CC(C)C1SC(CC23CCC(CC2)C3)=NC1=O. The molecule has 3 aliphatic rings. The highest BCUT2D eigenvalue weighted by atomic mass is 32.2. The van der Waals surface area contributed by atoms with Gasteiger partial charge in [0.1, 0.15) is 0 Å². The van der Waals surface area contributed by atoms with E-state index >= 15 is 0 Å². The Morgan fingerprint density at radius 1 is 1.41 bits per heavy atom. The van der Waals surface area contributed by atoms with E-state index in [1.54, 1.807) is 11.8 Å². The maximum absolute atomic E-state index is 11.8. The van der Waals surface area contributed by atoms with Crippen LogP contribution >= 0.6 is 11.8 Å². The molecule has 17 heavy (non-hydrogen) atoms. The Balaban J connectivity index is 1.67. The van der Waals surface area contributed by atoms with Gasteiger partial charge >= 0.3 is 0 Å². The zero-order valence-corrected chi connectivity index (χ0v) is 11.6. The number of amides is 1. The number of hydrogen-bond donors (Lipinski definition) is 0. The number of fused-ring (bicyclic) bond motifs is 2. The van der Waals surface area contributed by atoms with Crippen molar-refractivity contribution >= 4 is 22.7 Å². The molecule has 1 aliphatic heterocycles. The molecule has 1 heterocycles. The van der Waals surface area contributed by atoms with E-state index in [1.165, 1.54) is 32.1 Å². The molecular weight excluding hydrogens is 230 g/mol. The first kappa shape index (κ1) is 11.8. The Morgan fingerprint density at radius 2 is 2.12 bits per heavy atom. The predicted octanol–water partition coefficient (Wildman–Crippen LogP) is 3.65. The minimum absolute atomic E-state index is 0.0972. The fourth-order valence-corrected chi connectivity index (χ4v) is 5.04. The minimum atomic E-state index is 0.0972. The van der Waals surface area contributed by atoms with Crippen molar-refractivity contribution in [2.75, 3.05) is 0 Å². The van der Waals surface area contributed by atoms with Gasteiger partial charge in [0.05, 0.1) is 10.3 Å². The predicted molar refractivity (Wildman–Crippen MR) is 72.3 cm³/mol. The Morgan fingerprint density at radius 3 is 2.59 bits per heavy atom. The number of carbonyl (C=O) groups is 1. The minimum Gasteiger partial charge on any atom is -0.271 e. The molecular formula is C14H21NOS. The molecule has 2 aliphatic carbocycles. The van der Waals surface area contributed by atoms with E-state index in [0.717, 1.165) is 17.4 Å². The molecule has 0 aromatic carbocycles. The molecule has 1 atom stereocenters. The summed E-state index contributed by atoms with van der Waals surface area (Å²) < 4.78 is 0. The van der Waals surface area contributed by atoms with Crippen LogP contribution in [-0.4, -0.2) is 16.2 Å². The largest absolute Gasteiger partial charge is 0.271 e. The van der Waals surface area contributed by atoms with Gasteiger partial charge in [-0.3, -0.25) is 4.79 Å². The molecule has 1 amide bonds. The topological polar surface area (TPSA) is 29.4 Å². The van der Waals surface area contributed by atoms with Gasteiger partial charge in [-0.2, -0.15) is 0 Å². The monoisotopic (exact) mass is 251 g/mol. The Bertz CT molecular complexity index is 366. The molecule has 1 unspecified atom stereocenters. The van der Waals surface area contributed by atoms with Gasteiger partial charge < -0.3 is 0 Å². The third-order valence-corrected chi connectivity index (χ3v) is 6.27. The first-order valence-electron chi connectivity index (χ1n) is 6.86. The smallest absolute Gasteiger partial charge is 0.260 e. The van der Waals surface area contributed by atoms with Gasteiger partial charge in [0, 0.05) is 6.42 Å². The lowest BCUT2D eigenvalue weighted by atomic mass is 9.81. The maximum Gasteiger partial charge on any atom is 0.260 e. The van der Waals surface area contributed by atoms with Crippen LogP contribution in [-0.2, 0) is 4.79 Å². The molecule has 2 nitrogen and oxygen atoms in total. The van der Waals surface area contributed by atoms with Crippen LogP contribution in [0.1, 0.15) is 52.4 Å². The highest BCUT2D eigenvalue weighted by Gasteiger charge is 2.46.